The average Bonchev–Trinajstić information content (AvgIpc) is 2.88. The lowest BCUT2D eigenvalue weighted by Crippen LogP contribution is -2.23. The van der Waals surface area contributed by atoms with E-state index in [-0.39, 0.29) is 11.9 Å². The molecule has 4 nitrogen and oxygen atoms in total. The van der Waals surface area contributed by atoms with Crippen LogP contribution in [0.2, 0.25) is 0 Å². The molecule has 2 aromatic rings. The number of hydrogen-bond acceptors (Lipinski definition) is 4. The predicted molar refractivity (Wildman–Crippen MR) is 65.4 cm³/mol. The number of rotatable bonds is 6. The Labute approximate surface area is 105 Å². The first kappa shape index (κ1) is 12.7. The molecule has 18 heavy (non-hydrogen) atoms. The Hall–Kier alpha value is -1.75. The Morgan fingerprint density at radius 1 is 1.44 bits per heavy atom. The maximum absolute atomic E-state index is 13.1. The summed E-state index contributed by atoms with van der Waals surface area (Å²) in [6.07, 6.45) is 2.91. The van der Waals surface area contributed by atoms with Crippen LogP contribution in [-0.2, 0) is 6.42 Å². The van der Waals surface area contributed by atoms with Gasteiger partial charge < -0.3 is 9.84 Å². The van der Waals surface area contributed by atoms with Crippen molar-refractivity contribution >= 4 is 0 Å². The van der Waals surface area contributed by atoms with Crippen LogP contribution in [0.5, 0.6) is 0 Å². The summed E-state index contributed by atoms with van der Waals surface area (Å²) in [4.78, 5) is 3.95. The smallest absolute Gasteiger partial charge is 0.213 e. The van der Waals surface area contributed by atoms with Crippen molar-refractivity contribution in [3.63, 3.8) is 0 Å². The Morgan fingerprint density at radius 3 is 3.00 bits per heavy atom. The van der Waals surface area contributed by atoms with Crippen molar-refractivity contribution < 1.29 is 8.91 Å². The van der Waals surface area contributed by atoms with Gasteiger partial charge >= 0.3 is 0 Å². The molecule has 2 rings (SSSR count). The van der Waals surface area contributed by atoms with E-state index in [1.54, 1.807) is 12.1 Å². The van der Waals surface area contributed by atoms with Gasteiger partial charge in [-0.05, 0) is 24.1 Å². The average molecular weight is 249 g/mol. The standard InChI is InChI=1S/C13H16FN3O/c1-2-12(10-4-3-5-11(14)8-10)15-7-6-13-16-9-18-17-13/h3-5,8-9,12,15H,2,6-7H2,1H3. The molecule has 1 aromatic carbocycles. The lowest BCUT2D eigenvalue weighted by Gasteiger charge is -2.16. The molecule has 0 saturated carbocycles. The van der Waals surface area contributed by atoms with Crippen LogP contribution in [0.15, 0.2) is 35.2 Å². The Morgan fingerprint density at radius 2 is 2.33 bits per heavy atom. The molecule has 1 N–H and O–H groups in total. The van der Waals surface area contributed by atoms with Crippen LogP contribution in [-0.4, -0.2) is 16.7 Å². The zero-order valence-corrected chi connectivity index (χ0v) is 10.3. The van der Waals surface area contributed by atoms with Crippen LogP contribution in [0.1, 0.15) is 30.8 Å². The van der Waals surface area contributed by atoms with Gasteiger partial charge in [-0.2, -0.15) is 4.98 Å². The van der Waals surface area contributed by atoms with E-state index < -0.39 is 0 Å². The van der Waals surface area contributed by atoms with Crippen molar-refractivity contribution in [3.8, 4) is 0 Å². The molecule has 1 aromatic heterocycles. The molecule has 0 fully saturated rings. The highest BCUT2D eigenvalue weighted by atomic mass is 19.1. The fourth-order valence-electron chi connectivity index (χ4n) is 1.88. The minimum atomic E-state index is -0.203. The monoisotopic (exact) mass is 249 g/mol. The van der Waals surface area contributed by atoms with E-state index in [2.05, 4.69) is 26.9 Å². The molecule has 96 valence electrons. The van der Waals surface area contributed by atoms with Crippen molar-refractivity contribution in [3.05, 3.63) is 47.9 Å². The predicted octanol–water partition coefficient (Wildman–Crippen LogP) is 2.49. The summed E-state index contributed by atoms with van der Waals surface area (Å²) in [5.41, 5.74) is 0.964. The van der Waals surface area contributed by atoms with Crippen LogP contribution in [0, 0.1) is 5.82 Å². The minimum Gasteiger partial charge on any atom is -0.343 e. The maximum atomic E-state index is 13.1. The van der Waals surface area contributed by atoms with Gasteiger partial charge in [0.15, 0.2) is 5.82 Å². The van der Waals surface area contributed by atoms with E-state index >= 15 is 0 Å². The van der Waals surface area contributed by atoms with Gasteiger partial charge in [0.2, 0.25) is 6.39 Å². The lowest BCUT2D eigenvalue weighted by atomic mass is 10.0. The normalized spacial score (nSPS) is 12.6. The van der Waals surface area contributed by atoms with Gasteiger partial charge in [-0.3, -0.25) is 0 Å². The van der Waals surface area contributed by atoms with Crippen molar-refractivity contribution in [2.45, 2.75) is 25.8 Å². The summed E-state index contributed by atoms with van der Waals surface area (Å²) in [6, 6.07) is 6.82. The third kappa shape index (κ3) is 3.37. The topological polar surface area (TPSA) is 51.0 Å². The Balaban J connectivity index is 1.89. The summed E-state index contributed by atoms with van der Waals surface area (Å²) in [6.45, 7) is 2.80. The minimum absolute atomic E-state index is 0.146. The molecule has 0 aliphatic heterocycles. The van der Waals surface area contributed by atoms with Gasteiger partial charge in [0.05, 0.1) is 0 Å². The molecule has 0 saturated heterocycles. The molecule has 0 aliphatic rings. The Kier molecular flexibility index (Phi) is 4.41. The fourth-order valence-corrected chi connectivity index (χ4v) is 1.88. The molecule has 0 amide bonds. The lowest BCUT2D eigenvalue weighted by molar-refractivity contribution is 0.408. The summed E-state index contributed by atoms with van der Waals surface area (Å²) in [7, 11) is 0. The molecular weight excluding hydrogens is 233 g/mol. The summed E-state index contributed by atoms with van der Waals surface area (Å²) in [5.74, 6) is 0.475. The molecule has 5 heteroatoms. The van der Waals surface area contributed by atoms with Gasteiger partial charge in [0, 0.05) is 19.0 Å². The number of halogens is 1. The summed E-state index contributed by atoms with van der Waals surface area (Å²) < 4.78 is 17.8. The Bertz CT molecular complexity index is 473. The summed E-state index contributed by atoms with van der Waals surface area (Å²) in [5, 5.41) is 7.10. The van der Waals surface area contributed by atoms with Gasteiger partial charge in [0.25, 0.3) is 0 Å². The van der Waals surface area contributed by atoms with Crippen molar-refractivity contribution in [1.29, 1.82) is 0 Å². The number of aromatic nitrogens is 2. The van der Waals surface area contributed by atoms with Gasteiger partial charge in [-0.25, -0.2) is 4.39 Å². The van der Waals surface area contributed by atoms with E-state index in [1.807, 2.05) is 6.07 Å². The van der Waals surface area contributed by atoms with E-state index in [4.69, 9.17) is 0 Å². The second-order valence-electron chi connectivity index (χ2n) is 4.07. The third-order valence-corrected chi connectivity index (χ3v) is 2.81. The highest BCUT2D eigenvalue weighted by Crippen LogP contribution is 2.17. The van der Waals surface area contributed by atoms with Crippen LogP contribution in [0.3, 0.4) is 0 Å². The molecule has 0 spiro atoms. The zero-order valence-electron chi connectivity index (χ0n) is 10.3. The summed E-state index contributed by atoms with van der Waals surface area (Å²) >= 11 is 0. The largest absolute Gasteiger partial charge is 0.343 e. The highest BCUT2D eigenvalue weighted by Gasteiger charge is 2.09. The molecule has 0 radical (unpaired) electrons. The van der Waals surface area contributed by atoms with Gasteiger partial charge in [-0.15, -0.1) is 0 Å². The highest BCUT2D eigenvalue weighted by molar-refractivity contribution is 5.20. The van der Waals surface area contributed by atoms with E-state index in [1.165, 1.54) is 12.5 Å². The number of nitrogens with one attached hydrogen (secondary N) is 1. The molecule has 1 heterocycles. The molecule has 1 atom stereocenters. The maximum Gasteiger partial charge on any atom is 0.213 e. The van der Waals surface area contributed by atoms with Crippen LogP contribution >= 0.6 is 0 Å². The molecule has 1 unspecified atom stereocenters. The van der Waals surface area contributed by atoms with Gasteiger partial charge in [0.1, 0.15) is 5.82 Å². The van der Waals surface area contributed by atoms with E-state index in [0.29, 0.717) is 12.2 Å². The van der Waals surface area contributed by atoms with Crippen LogP contribution < -0.4 is 5.32 Å². The zero-order chi connectivity index (χ0) is 12.8. The molecule has 0 aliphatic carbocycles. The van der Waals surface area contributed by atoms with Crippen molar-refractivity contribution in [2.75, 3.05) is 6.54 Å². The van der Waals surface area contributed by atoms with Crippen LogP contribution in [0.4, 0.5) is 4.39 Å². The number of hydrogen-bond donors (Lipinski definition) is 1. The molecule has 0 bridgehead atoms. The number of nitrogens with zero attached hydrogens (tertiary/aromatic N) is 2. The second kappa shape index (κ2) is 6.26. The van der Waals surface area contributed by atoms with Crippen LogP contribution in [0.25, 0.3) is 0 Å². The first-order chi connectivity index (χ1) is 8.79. The number of benzene rings is 1. The fraction of sp³-hybridized carbons (Fsp3) is 0.385. The van der Waals surface area contributed by atoms with E-state index in [0.717, 1.165) is 18.5 Å². The quantitative estimate of drug-likeness (QED) is 0.854. The third-order valence-electron chi connectivity index (χ3n) is 2.81. The first-order valence-electron chi connectivity index (χ1n) is 6.03. The van der Waals surface area contributed by atoms with E-state index in [9.17, 15) is 4.39 Å². The molecular formula is C13H16FN3O. The van der Waals surface area contributed by atoms with Gasteiger partial charge in [-0.1, -0.05) is 24.2 Å². The first-order valence-corrected chi connectivity index (χ1v) is 6.03. The van der Waals surface area contributed by atoms with Crippen molar-refractivity contribution in [1.82, 2.24) is 15.5 Å². The second-order valence-corrected chi connectivity index (χ2v) is 4.07. The SMILES string of the molecule is CCC(NCCc1ncon1)c1cccc(F)c1. The van der Waals surface area contributed by atoms with Crippen molar-refractivity contribution in [2.24, 2.45) is 0 Å².